The Bertz CT molecular complexity index is 982. The second-order valence-electron chi connectivity index (χ2n) is 6.73. The Kier molecular flexibility index (Phi) is 4.22. The van der Waals surface area contributed by atoms with Gasteiger partial charge < -0.3 is 20.4 Å². The molecular weight excluding hydrogens is 350 g/mol. The highest BCUT2D eigenvalue weighted by molar-refractivity contribution is 6.40. The number of nitrogens with two attached hydrogens (primary N) is 1. The van der Waals surface area contributed by atoms with Crippen molar-refractivity contribution >= 4 is 34.2 Å². The standard InChI is InChI=1S/C17H19N7O3/c1-9-2-3-12(13-6-19-8-27-13)24(7-9)17(26)16(25)22-11-5-20-15(18)10-4-21-23-14(10)11/h4-6,8-9,12H,2-3,7H2,1H3,(H2,18,20)(H,21,23)(H,22,25)/t9-,12+/m1/s1. The average Bonchev–Trinajstić information content (AvgIpc) is 3.35. The molecule has 0 bridgehead atoms. The van der Waals surface area contributed by atoms with Crippen LogP contribution in [0.3, 0.4) is 0 Å². The summed E-state index contributed by atoms with van der Waals surface area (Å²) in [4.78, 5) is 35.0. The van der Waals surface area contributed by atoms with E-state index in [0.29, 0.717) is 47.1 Å². The van der Waals surface area contributed by atoms with E-state index in [1.54, 1.807) is 11.1 Å². The summed E-state index contributed by atoms with van der Waals surface area (Å²) >= 11 is 0. The van der Waals surface area contributed by atoms with Gasteiger partial charge in [-0.1, -0.05) is 6.92 Å². The van der Waals surface area contributed by atoms with E-state index in [1.807, 2.05) is 6.92 Å². The normalized spacial score (nSPS) is 20.0. The Morgan fingerprint density at radius 1 is 1.33 bits per heavy atom. The molecule has 0 aliphatic carbocycles. The second-order valence-corrected chi connectivity index (χ2v) is 6.73. The SMILES string of the molecule is C[C@@H]1CC[C@@H](c2cnco2)N(C(=O)C(=O)Nc2cnc(N)c3cn[nH]c23)C1. The lowest BCUT2D eigenvalue weighted by molar-refractivity contribution is -0.147. The molecule has 10 heteroatoms. The number of piperidine rings is 1. The van der Waals surface area contributed by atoms with Crippen LogP contribution in [0.5, 0.6) is 0 Å². The van der Waals surface area contributed by atoms with Gasteiger partial charge in [-0.2, -0.15) is 5.10 Å². The number of aromatic nitrogens is 4. The molecule has 0 radical (unpaired) electrons. The molecule has 0 aromatic carbocycles. The monoisotopic (exact) mass is 369 g/mol. The van der Waals surface area contributed by atoms with Crippen molar-refractivity contribution < 1.29 is 14.0 Å². The summed E-state index contributed by atoms with van der Waals surface area (Å²) in [6, 6.07) is -0.307. The van der Waals surface area contributed by atoms with Crippen LogP contribution in [-0.4, -0.2) is 43.4 Å². The molecule has 10 nitrogen and oxygen atoms in total. The smallest absolute Gasteiger partial charge is 0.314 e. The number of aromatic amines is 1. The predicted molar refractivity (Wildman–Crippen MR) is 96.3 cm³/mol. The number of pyridine rings is 1. The van der Waals surface area contributed by atoms with Crippen LogP contribution in [0.15, 0.2) is 29.4 Å². The largest absolute Gasteiger partial charge is 0.446 e. The molecule has 4 rings (SSSR count). The molecule has 2 atom stereocenters. The van der Waals surface area contributed by atoms with Gasteiger partial charge in [-0.25, -0.2) is 9.97 Å². The van der Waals surface area contributed by atoms with Gasteiger partial charge in [0.25, 0.3) is 0 Å². The molecular formula is C17H19N7O3. The minimum Gasteiger partial charge on any atom is -0.446 e. The number of nitrogens with zero attached hydrogens (tertiary/aromatic N) is 4. The van der Waals surface area contributed by atoms with Gasteiger partial charge in [-0.05, 0) is 18.8 Å². The molecule has 0 spiro atoms. The maximum absolute atomic E-state index is 12.9. The lowest BCUT2D eigenvalue weighted by atomic mass is 9.93. The number of nitrogens with one attached hydrogen (secondary N) is 2. The Morgan fingerprint density at radius 3 is 2.96 bits per heavy atom. The van der Waals surface area contributed by atoms with E-state index in [-0.39, 0.29) is 6.04 Å². The van der Waals surface area contributed by atoms with Crippen molar-refractivity contribution in [2.75, 3.05) is 17.6 Å². The molecule has 4 heterocycles. The molecule has 140 valence electrons. The Balaban J connectivity index is 1.57. The minimum atomic E-state index is -0.754. The van der Waals surface area contributed by atoms with Crippen molar-refractivity contribution in [1.29, 1.82) is 0 Å². The molecule has 4 N–H and O–H groups in total. The van der Waals surface area contributed by atoms with Crippen molar-refractivity contribution in [1.82, 2.24) is 25.1 Å². The first kappa shape index (κ1) is 17.0. The van der Waals surface area contributed by atoms with Crippen molar-refractivity contribution in [2.24, 2.45) is 5.92 Å². The third kappa shape index (κ3) is 3.09. The first-order valence-corrected chi connectivity index (χ1v) is 8.62. The summed E-state index contributed by atoms with van der Waals surface area (Å²) in [7, 11) is 0. The Hall–Kier alpha value is -3.43. The van der Waals surface area contributed by atoms with Crippen LogP contribution < -0.4 is 11.1 Å². The van der Waals surface area contributed by atoms with Crippen LogP contribution in [0, 0.1) is 5.92 Å². The van der Waals surface area contributed by atoms with Crippen molar-refractivity contribution in [3.05, 3.63) is 30.7 Å². The highest BCUT2D eigenvalue weighted by Crippen LogP contribution is 2.33. The van der Waals surface area contributed by atoms with Crippen LogP contribution in [0.1, 0.15) is 31.6 Å². The second kappa shape index (κ2) is 6.71. The number of oxazole rings is 1. The molecule has 27 heavy (non-hydrogen) atoms. The Labute approximate surface area is 154 Å². The number of carbonyl (C=O) groups excluding carboxylic acids is 2. The molecule has 0 unspecified atom stereocenters. The number of likely N-dealkylation sites (tertiary alicyclic amines) is 1. The topological polar surface area (TPSA) is 143 Å². The number of rotatable bonds is 2. The summed E-state index contributed by atoms with van der Waals surface area (Å²) < 4.78 is 5.37. The quantitative estimate of drug-likeness (QED) is 0.580. The number of anilines is 2. The van der Waals surface area contributed by atoms with E-state index in [4.69, 9.17) is 10.2 Å². The first-order valence-electron chi connectivity index (χ1n) is 8.62. The average molecular weight is 369 g/mol. The number of nitrogen functional groups attached to an aromatic ring is 1. The molecule has 3 aromatic rings. The van der Waals surface area contributed by atoms with Gasteiger partial charge in [-0.3, -0.25) is 14.7 Å². The number of carbonyl (C=O) groups is 2. The molecule has 1 fully saturated rings. The summed E-state index contributed by atoms with van der Waals surface area (Å²) in [5.74, 6) is -0.228. The predicted octanol–water partition coefficient (Wildman–Crippen LogP) is 1.47. The summed E-state index contributed by atoms with van der Waals surface area (Å²) in [6.07, 6.45) is 7.47. The third-order valence-corrected chi connectivity index (χ3v) is 4.82. The molecule has 1 aliphatic rings. The van der Waals surface area contributed by atoms with Gasteiger partial charge in [0.1, 0.15) is 11.6 Å². The molecule has 1 aliphatic heterocycles. The van der Waals surface area contributed by atoms with Crippen molar-refractivity contribution in [2.45, 2.75) is 25.8 Å². The first-order chi connectivity index (χ1) is 13.0. The van der Waals surface area contributed by atoms with Crippen molar-refractivity contribution in [3.63, 3.8) is 0 Å². The number of amides is 2. The van der Waals surface area contributed by atoms with E-state index in [2.05, 4.69) is 25.5 Å². The van der Waals surface area contributed by atoms with Gasteiger partial charge in [0.15, 0.2) is 6.39 Å². The highest BCUT2D eigenvalue weighted by atomic mass is 16.3. The zero-order valence-electron chi connectivity index (χ0n) is 14.7. The van der Waals surface area contributed by atoms with E-state index >= 15 is 0 Å². The fourth-order valence-corrected chi connectivity index (χ4v) is 3.42. The van der Waals surface area contributed by atoms with Crippen LogP contribution in [0.25, 0.3) is 10.9 Å². The lowest BCUT2D eigenvalue weighted by Gasteiger charge is -2.36. The summed E-state index contributed by atoms with van der Waals surface area (Å²) in [5, 5.41) is 9.85. The van der Waals surface area contributed by atoms with Crippen LogP contribution >= 0.6 is 0 Å². The number of hydrogen-bond donors (Lipinski definition) is 3. The molecule has 1 saturated heterocycles. The van der Waals surface area contributed by atoms with Gasteiger partial charge >= 0.3 is 11.8 Å². The summed E-state index contributed by atoms with van der Waals surface area (Å²) in [5.41, 5.74) is 6.65. The zero-order chi connectivity index (χ0) is 19.0. The van der Waals surface area contributed by atoms with Gasteiger partial charge in [0.05, 0.1) is 41.2 Å². The number of H-pyrrole nitrogens is 1. The van der Waals surface area contributed by atoms with E-state index in [1.165, 1.54) is 18.8 Å². The highest BCUT2D eigenvalue weighted by Gasteiger charge is 2.36. The van der Waals surface area contributed by atoms with E-state index < -0.39 is 11.8 Å². The minimum absolute atomic E-state index is 0.290. The Morgan fingerprint density at radius 2 is 2.19 bits per heavy atom. The maximum atomic E-state index is 12.9. The van der Waals surface area contributed by atoms with Crippen molar-refractivity contribution in [3.8, 4) is 0 Å². The van der Waals surface area contributed by atoms with Gasteiger partial charge in [-0.15, -0.1) is 0 Å². The number of hydrogen-bond acceptors (Lipinski definition) is 7. The molecule has 0 saturated carbocycles. The zero-order valence-corrected chi connectivity index (χ0v) is 14.7. The van der Waals surface area contributed by atoms with Gasteiger partial charge in [0.2, 0.25) is 0 Å². The van der Waals surface area contributed by atoms with Crippen LogP contribution in [0.2, 0.25) is 0 Å². The maximum Gasteiger partial charge on any atom is 0.314 e. The fourth-order valence-electron chi connectivity index (χ4n) is 3.42. The number of fused-ring (bicyclic) bond motifs is 1. The molecule has 2 amide bonds. The summed E-state index contributed by atoms with van der Waals surface area (Å²) in [6.45, 7) is 2.52. The third-order valence-electron chi connectivity index (χ3n) is 4.82. The van der Waals surface area contributed by atoms with Crippen LogP contribution in [-0.2, 0) is 9.59 Å². The van der Waals surface area contributed by atoms with Gasteiger partial charge in [0, 0.05) is 6.54 Å². The van der Waals surface area contributed by atoms with Crippen LogP contribution in [0.4, 0.5) is 11.5 Å². The molecule has 3 aromatic heterocycles. The van der Waals surface area contributed by atoms with E-state index in [0.717, 1.165) is 6.42 Å². The lowest BCUT2D eigenvalue weighted by Crippen LogP contribution is -2.46. The van der Waals surface area contributed by atoms with E-state index in [9.17, 15) is 9.59 Å². The fraction of sp³-hybridized carbons (Fsp3) is 0.353.